The van der Waals surface area contributed by atoms with E-state index < -0.39 is 0 Å². The molecule has 0 amide bonds. The number of hydrogen-bond donors (Lipinski definition) is 3. The summed E-state index contributed by atoms with van der Waals surface area (Å²) in [6.45, 7) is 0. The van der Waals surface area contributed by atoms with Crippen molar-refractivity contribution in [1.29, 1.82) is 5.41 Å². The molecule has 0 bridgehead atoms. The summed E-state index contributed by atoms with van der Waals surface area (Å²) < 4.78 is 0. The van der Waals surface area contributed by atoms with Crippen LogP contribution in [0, 0.1) is 5.41 Å². The third-order valence-electron chi connectivity index (χ3n) is 2.04. The zero-order valence-corrected chi connectivity index (χ0v) is 7.36. The molecule has 70 valence electrons. The van der Waals surface area contributed by atoms with Crippen LogP contribution in [0.4, 0.5) is 0 Å². The van der Waals surface area contributed by atoms with Crippen molar-refractivity contribution in [3.63, 3.8) is 0 Å². The van der Waals surface area contributed by atoms with Gasteiger partial charge in [-0.1, -0.05) is 12.1 Å². The first-order chi connectivity index (χ1) is 6.81. The average molecular weight is 187 g/mol. The van der Waals surface area contributed by atoms with Crippen molar-refractivity contribution in [3.05, 3.63) is 42.2 Å². The number of amidine groups is 1. The van der Waals surface area contributed by atoms with Gasteiger partial charge in [-0.15, -0.1) is 0 Å². The van der Waals surface area contributed by atoms with Gasteiger partial charge in [-0.25, -0.2) is 0 Å². The van der Waals surface area contributed by atoms with Crippen LogP contribution in [0.15, 0.2) is 36.7 Å². The van der Waals surface area contributed by atoms with Gasteiger partial charge in [0.15, 0.2) is 0 Å². The Morgan fingerprint density at radius 1 is 1.29 bits per heavy atom. The maximum atomic E-state index is 8.57. The zero-order valence-electron chi connectivity index (χ0n) is 7.36. The second kappa shape index (κ2) is 3.43. The first-order valence-corrected chi connectivity index (χ1v) is 4.14. The van der Waals surface area contributed by atoms with Gasteiger partial charge in [0.1, 0.15) is 5.84 Å². The quantitative estimate of drug-likeness (QED) is 0.360. The second-order valence-electron chi connectivity index (χ2n) is 2.92. The Hall–Kier alpha value is -1.94. The summed E-state index contributed by atoms with van der Waals surface area (Å²) in [6, 6.07) is 7.36. The van der Waals surface area contributed by atoms with Gasteiger partial charge >= 0.3 is 0 Å². The molecule has 0 fully saturated rings. The van der Waals surface area contributed by atoms with Gasteiger partial charge < -0.3 is 0 Å². The summed E-state index contributed by atoms with van der Waals surface area (Å²) in [4.78, 5) is 3.99. The Balaban J connectivity index is 2.56. The van der Waals surface area contributed by atoms with Gasteiger partial charge in [-0.05, 0) is 17.5 Å². The van der Waals surface area contributed by atoms with Gasteiger partial charge in [-0.3, -0.25) is 21.1 Å². The van der Waals surface area contributed by atoms with Crippen LogP contribution < -0.4 is 5.48 Å². The third kappa shape index (κ3) is 1.43. The molecule has 3 N–H and O–H groups in total. The fraction of sp³-hybridized carbons (Fsp3) is 0. The molecule has 0 saturated heterocycles. The number of rotatable bonds is 1. The molecule has 4 heteroatoms. The van der Waals surface area contributed by atoms with E-state index in [2.05, 4.69) is 4.98 Å². The third-order valence-corrected chi connectivity index (χ3v) is 2.04. The smallest absolute Gasteiger partial charge is 0.149 e. The molecule has 1 aromatic carbocycles. The molecule has 0 atom stereocenters. The van der Waals surface area contributed by atoms with Crippen LogP contribution in [0.25, 0.3) is 10.8 Å². The van der Waals surface area contributed by atoms with Crippen LogP contribution in [-0.4, -0.2) is 16.0 Å². The van der Waals surface area contributed by atoms with E-state index in [0.717, 1.165) is 10.8 Å². The summed E-state index contributed by atoms with van der Waals surface area (Å²) in [6.07, 6.45) is 3.45. The minimum Gasteiger partial charge on any atom is -0.290 e. The predicted octanol–water partition coefficient (Wildman–Crippen LogP) is 1.54. The largest absolute Gasteiger partial charge is 0.290 e. The summed E-state index contributed by atoms with van der Waals surface area (Å²) in [5.41, 5.74) is 2.44. The van der Waals surface area contributed by atoms with Crippen molar-refractivity contribution in [1.82, 2.24) is 10.5 Å². The predicted molar refractivity (Wildman–Crippen MR) is 53.5 cm³/mol. The molecular weight excluding hydrogens is 178 g/mol. The van der Waals surface area contributed by atoms with E-state index in [-0.39, 0.29) is 5.84 Å². The Morgan fingerprint density at radius 3 is 2.93 bits per heavy atom. The number of aromatic nitrogens is 1. The molecule has 1 heterocycles. The molecule has 0 spiro atoms. The lowest BCUT2D eigenvalue weighted by molar-refractivity contribution is 0.234. The number of benzene rings is 1. The average Bonchev–Trinajstić information content (AvgIpc) is 2.27. The molecule has 0 unspecified atom stereocenters. The van der Waals surface area contributed by atoms with Crippen LogP contribution in [0.1, 0.15) is 5.56 Å². The first-order valence-electron chi connectivity index (χ1n) is 4.14. The molecule has 1 aromatic heterocycles. The van der Waals surface area contributed by atoms with Crippen molar-refractivity contribution in [2.24, 2.45) is 0 Å². The molecular formula is C10H9N3O. The highest BCUT2D eigenvalue weighted by atomic mass is 16.5. The molecule has 0 radical (unpaired) electrons. The van der Waals surface area contributed by atoms with Crippen LogP contribution >= 0.6 is 0 Å². The van der Waals surface area contributed by atoms with E-state index in [4.69, 9.17) is 10.6 Å². The molecule has 4 nitrogen and oxygen atoms in total. The lowest BCUT2D eigenvalue weighted by Gasteiger charge is -2.03. The van der Waals surface area contributed by atoms with Gasteiger partial charge in [-0.2, -0.15) is 0 Å². The SMILES string of the molecule is N=C(NO)c1ccc2ccncc2c1. The minimum atomic E-state index is -0.0178. The van der Waals surface area contributed by atoms with E-state index in [1.54, 1.807) is 24.5 Å². The monoisotopic (exact) mass is 187 g/mol. The Morgan fingerprint density at radius 2 is 2.14 bits per heavy atom. The lowest BCUT2D eigenvalue weighted by atomic mass is 10.1. The molecule has 0 saturated carbocycles. The number of hydrogen-bond acceptors (Lipinski definition) is 3. The maximum absolute atomic E-state index is 8.57. The Labute approximate surface area is 80.7 Å². The van der Waals surface area contributed by atoms with E-state index >= 15 is 0 Å². The number of fused-ring (bicyclic) bond motifs is 1. The van der Waals surface area contributed by atoms with E-state index in [1.165, 1.54) is 0 Å². The highest BCUT2D eigenvalue weighted by Gasteiger charge is 2.00. The van der Waals surface area contributed by atoms with Crippen molar-refractivity contribution in [2.75, 3.05) is 0 Å². The van der Waals surface area contributed by atoms with Crippen molar-refractivity contribution in [3.8, 4) is 0 Å². The first kappa shape index (κ1) is 8.65. The molecule has 2 rings (SSSR count). The summed E-state index contributed by atoms with van der Waals surface area (Å²) >= 11 is 0. The number of nitrogens with zero attached hydrogens (tertiary/aromatic N) is 1. The van der Waals surface area contributed by atoms with Crippen LogP contribution in [0.3, 0.4) is 0 Å². The van der Waals surface area contributed by atoms with Gasteiger partial charge in [0, 0.05) is 23.3 Å². The van der Waals surface area contributed by atoms with Crippen molar-refractivity contribution in [2.45, 2.75) is 0 Å². The van der Waals surface area contributed by atoms with Crippen LogP contribution in [-0.2, 0) is 0 Å². The Bertz CT molecular complexity index is 482. The molecule has 2 aromatic rings. The summed E-state index contributed by atoms with van der Waals surface area (Å²) in [5, 5.41) is 18.0. The standard InChI is InChI=1S/C10H9N3O/c11-10(13-14)8-2-1-7-3-4-12-6-9(7)5-8/h1-6,14H,(H2,11,13). The van der Waals surface area contributed by atoms with E-state index in [0.29, 0.717) is 5.56 Å². The lowest BCUT2D eigenvalue weighted by Crippen LogP contribution is -2.18. The number of nitrogens with one attached hydrogen (secondary N) is 2. The van der Waals surface area contributed by atoms with E-state index in [9.17, 15) is 0 Å². The minimum absolute atomic E-state index is 0.0178. The van der Waals surface area contributed by atoms with Gasteiger partial charge in [0.05, 0.1) is 0 Å². The van der Waals surface area contributed by atoms with Crippen LogP contribution in [0.2, 0.25) is 0 Å². The highest BCUT2D eigenvalue weighted by molar-refractivity contribution is 5.99. The summed E-state index contributed by atoms with van der Waals surface area (Å²) in [5.74, 6) is -0.0178. The van der Waals surface area contributed by atoms with Gasteiger partial charge in [0.25, 0.3) is 0 Å². The molecule has 0 aliphatic rings. The fourth-order valence-corrected chi connectivity index (χ4v) is 1.31. The maximum Gasteiger partial charge on any atom is 0.149 e. The number of pyridine rings is 1. The zero-order chi connectivity index (χ0) is 9.97. The molecule has 0 aliphatic carbocycles. The Kier molecular flexibility index (Phi) is 2.12. The van der Waals surface area contributed by atoms with Crippen molar-refractivity contribution >= 4 is 16.6 Å². The van der Waals surface area contributed by atoms with Gasteiger partial charge in [0.2, 0.25) is 0 Å². The number of hydroxylamine groups is 1. The summed E-state index contributed by atoms with van der Waals surface area (Å²) in [7, 11) is 0. The van der Waals surface area contributed by atoms with Crippen LogP contribution in [0.5, 0.6) is 0 Å². The molecule has 14 heavy (non-hydrogen) atoms. The van der Waals surface area contributed by atoms with Crippen molar-refractivity contribution < 1.29 is 5.21 Å². The highest BCUT2D eigenvalue weighted by Crippen LogP contribution is 2.13. The second-order valence-corrected chi connectivity index (χ2v) is 2.92. The molecule has 0 aliphatic heterocycles. The van der Waals surface area contributed by atoms with E-state index in [1.807, 2.05) is 17.6 Å². The fourth-order valence-electron chi connectivity index (χ4n) is 1.31. The normalized spacial score (nSPS) is 10.1. The topological polar surface area (TPSA) is 69.0 Å².